The summed E-state index contributed by atoms with van der Waals surface area (Å²) < 4.78 is 38.5. The van der Waals surface area contributed by atoms with Crippen molar-refractivity contribution in [2.75, 3.05) is 0 Å². The minimum atomic E-state index is -4.88. The largest absolute Gasteiger partial charge is 0.478 e. The Morgan fingerprint density at radius 2 is 1.95 bits per heavy atom. The van der Waals surface area contributed by atoms with Gasteiger partial charge in [0.05, 0.1) is 0 Å². The van der Waals surface area contributed by atoms with E-state index in [0.29, 0.717) is 5.69 Å². The lowest BCUT2D eigenvalue weighted by Gasteiger charge is -2.13. The maximum absolute atomic E-state index is 12.8. The first-order chi connectivity index (χ1) is 8.71. The van der Waals surface area contributed by atoms with Crippen molar-refractivity contribution >= 4 is 29.6 Å². The molecule has 0 saturated heterocycles. The summed E-state index contributed by atoms with van der Waals surface area (Å²) in [6.07, 6.45) is -4.88. The molecule has 2 heterocycles. The van der Waals surface area contributed by atoms with E-state index in [4.69, 9.17) is 5.11 Å². The Morgan fingerprint density at radius 3 is 2.47 bits per heavy atom. The zero-order chi connectivity index (χ0) is 14.4. The van der Waals surface area contributed by atoms with Crippen LogP contribution >= 0.6 is 12.6 Å². The Kier molecular flexibility index (Phi) is 3.13. The number of thiol groups is 1. The molecular weight excluding hydrogens is 281 g/mol. The smallest absolute Gasteiger partial charge is 0.434 e. The predicted octanol–water partition coefficient (Wildman–Crippen LogP) is 2.94. The number of carboxylic acid groups (broad SMARTS) is 1. The highest BCUT2D eigenvalue weighted by Crippen LogP contribution is 2.36. The lowest BCUT2D eigenvalue weighted by molar-refractivity contribution is -0.141. The number of fused-ring (bicyclic) bond motifs is 1. The maximum atomic E-state index is 12.8. The fraction of sp³-hybridized carbons (Fsp3) is 0.182. The van der Waals surface area contributed by atoms with Crippen LogP contribution in [0.3, 0.4) is 0 Å². The van der Waals surface area contributed by atoms with Crippen LogP contribution in [-0.2, 0) is 6.18 Å². The summed E-state index contributed by atoms with van der Waals surface area (Å²) in [7, 11) is 0. The van der Waals surface area contributed by atoms with E-state index >= 15 is 0 Å². The van der Waals surface area contributed by atoms with Crippen molar-refractivity contribution in [1.82, 2.24) is 9.97 Å². The van der Waals surface area contributed by atoms with Crippen molar-refractivity contribution in [2.24, 2.45) is 0 Å². The summed E-state index contributed by atoms with van der Waals surface area (Å²) in [4.78, 5) is 17.9. The van der Waals surface area contributed by atoms with Crippen LogP contribution in [-0.4, -0.2) is 21.0 Å². The molecule has 0 fully saturated rings. The molecule has 0 amide bonds. The van der Waals surface area contributed by atoms with E-state index in [1.807, 2.05) is 0 Å². The Bertz CT molecular complexity index is 686. The molecule has 0 aliphatic heterocycles. The van der Waals surface area contributed by atoms with E-state index in [0.717, 1.165) is 0 Å². The molecule has 2 rings (SSSR count). The Labute approximate surface area is 110 Å². The van der Waals surface area contributed by atoms with Crippen molar-refractivity contribution in [3.05, 3.63) is 29.1 Å². The summed E-state index contributed by atoms with van der Waals surface area (Å²) in [5.41, 5.74) is -2.16. The third-order valence-electron chi connectivity index (χ3n) is 2.44. The van der Waals surface area contributed by atoms with Gasteiger partial charge in [0, 0.05) is 16.0 Å². The number of carboxylic acids is 1. The van der Waals surface area contributed by atoms with E-state index in [1.54, 1.807) is 13.0 Å². The number of hydrogen-bond donors (Lipinski definition) is 2. The number of carbonyl (C=O) groups is 1. The number of alkyl halides is 3. The van der Waals surface area contributed by atoms with Gasteiger partial charge in [0.15, 0.2) is 11.3 Å². The molecule has 0 aliphatic carbocycles. The van der Waals surface area contributed by atoms with Crippen LogP contribution in [0.5, 0.6) is 0 Å². The van der Waals surface area contributed by atoms with E-state index in [-0.39, 0.29) is 15.9 Å². The fourth-order valence-corrected chi connectivity index (χ4v) is 2.01. The van der Waals surface area contributed by atoms with Crippen molar-refractivity contribution in [3.63, 3.8) is 0 Å². The lowest BCUT2D eigenvalue weighted by Crippen LogP contribution is -2.17. The highest BCUT2D eigenvalue weighted by atomic mass is 32.1. The van der Waals surface area contributed by atoms with E-state index < -0.39 is 23.4 Å². The number of pyridine rings is 2. The Hall–Kier alpha value is -1.83. The minimum Gasteiger partial charge on any atom is -0.478 e. The van der Waals surface area contributed by atoms with Gasteiger partial charge in [0.25, 0.3) is 0 Å². The van der Waals surface area contributed by atoms with Gasteiger partial charge in [-0.05, 0) is 19.1 Å². The molecule has 0 aromatic carbocycles. The molecule has 0 spiro atoms. The molecule has 0 radical (unpaired) electrons. The van der Waals surface area contributed by atoms with Gasteiger partial charge in [0.1, 0.15) is 5.56 Å². The van der Waals surface area contributed by atoms with Crippen LogP contribution in [0.4, 0.5) is 13.2 Å². The van der Waals surface area contributed by atoms with Gasteiger partial charge in [0.2, 0.25) is 0 Å². The number of aryl methyl sites for hydroxylation is 1. The predicted molar refractivity (Wildman–Crippen MR) is 63.5 cm³/mol. The number of rotatable bonds is 1. The second-order valence-electron chi connectivity index (χ2n) is 3.81. The summed E-state index contributed by atoms with van der Waals surface area (Å²) in [5.74, 6) is -1.73. The zero-order valence-electron chi connectivity index (χ0n) is 9.49. The standard InChI is InChI=1S/C11H7F3N2O2S/c1-4-2-3-5-7(19)6(10(17)18)8(11(12,13)14)16-9(5)15-4/h2-3H,1H3,(H,17,18)(H,15,16,19). The van der Waals surface area contributed by atoms with Gasteiger partial charge in [-0.1, -0.05) is 0 Å². The third kappa shape index (κ3) is 2.35. The summed E-state index contributed by atoms with van der Waals surface area (Å²) in [6.45, 7) is 1.59. The van der Waals surface area contributed by atoms with Gasteiger partial charge in [-0.3, -0.25) is 0 Å². The third-order valence-corrected chi connectivity index (χ3v) is 2.91. The average molecular weight is 288 g/mol. The molecule has 4 nitrogen and oxygen atoms in total. The molecule has 1 N–H and O–H groups in total. The summed E-state index contributed by atoms with van der Waals surface area (Å²) in [5, 5.41) is 9.08. The molecule has 2 aromatic heterocycles. The molecular formula is C11H7F3N2O2S. The van der Waals surface area contributed by atoms with E-state index in [1.165, 1.54) is 6.07 Å². The highest BCUT2D eigenvalue weighted by Gasteiger charge is 2.39. The molecule has 2 aromatic rings. The van der Waals surface area contributed by atoms with E-state index in [2.05, 4.69) is 22.6 Å². The second-order valence-corrected chi connectivity index (χ2v) is 4.26. The molecule has 0 saturated carbocycles. The number of aromatic carboxylic acids is 1. The number of hydrogen-bond acceptors (Lipinski definition) is 4. The number of aromatic nitrogens is 2. The topological polar surface area (TPSA) is 63.1 Å². The zero-order valence-corrected chi connectivity index (χ0v) is 10.4. The first-order valence-electron chi connectivity index (χ1n) is 5.02. The number of halogens is 3. The molecule has 0 atom stereocenters. The lowest BCUT2D eigenvalue weighted by atomic mass is 10.1. The van der Waals surface area contributed by atoms with Crippen LogP contribution in [0.1, 0.15) is 21.7 Å². The average Bonchev–Trinajstić information content (AvgIpc) is 2.26. The van der Waals surface area contributed by atoms with Crippen LogP contribution in [0.15, 0.2) is 17.0 Å². The van der Waals surface area contributed by atoms with Crippen molar-refractivity contribution in [2.45, 2.75) is 18.0 Å². The minimum absolute atomic E-state index is 0.166. The van der Waals surface area contributed by atoms with Gasteiger partial charge in [-0.25, -0.2) is 14.8 Å². The van der Waals surface area contributed by atoms with Gasteiger partial charge in [-0.15, -0.1) is 12.6 Å². The van der Waals surface area contributed by atoms with Crippen LogP contribution in [0, 0.1) is 6.92 Å². The van der Waals surface area contributed by atoms with Crippen molar-refractivity contribution in [3.8, 4) is 0 Å². The summed E-state index contributed by atoms with van der Waals surface area (Å²) >= 11 is 3.88. The highest BCUT2D eigenvalue weighted by molar-refractivity contribution is 7.80. The van der Waals surface area contributed by atoms with Crippen molar-refractivity contribution < 1.29 is 23.1 Å². The van der Waals surface area contributed by atoms with Crippen LogP contribution in [0.2, 0.25) is 0 Å². The van der Waals surface area contributed by atoms with Gasteiger partial charge >= 0.3 is 12.1 Å². The first kappa shape index (κ1) is 13.6. The second kappa shape index (κ2) is 4.37. The Balaban J connectivity index is 2.94. The number of nitrogens with zero attached hydrogens (tertiary/aromatic N) is 2. The molecule has 8 heteroatoms. The SMILES string of the molecule is Cc1ccc2c(S)c(C(=O)O)c(C(F)(F)F)nc2n1. The molecule has 100 valence electrons. The van der Waals surface area contributed by atoms with Crippen LogP contribution in [0.25, 0.3) is 11.0 Å². The van der Waals surface area contributed by atoms with Gasteiger partial charge in [-0.2, -0.15) is 13.2 Å². The van der Waals surface area contributed by atoms with Crippen LogP contribution < -0.4 is 0 Å². The monoisotopic (exact) mass is 288 g/mol. The fourth-order valence-electron chi connectivity index (χ4n) is 1.63. The molecule has 19 heavy (non-hydrogen) atoms. The summed E-state index contributed by atoms with van der Waals surface area (Å²) in [6, 6.07) is 2.99. The van der Waals surface area contributed by atoms with E-state index in [9.17, 15) is 18.0 Å². The molecule has 0 aliphatic rings. The molecule has 0 unspecified atom stereocenters. The van der Waals surface area contributed by atoms with Gasteiger partial charge < -0.3 is 5.11 Å². The Morgan fingerprint density at radius 1 is 1.32 bits per heavy atom. The first-order valence-corrected chi connectivity index (χ1v) is 5.47. The van der Waals surface area contributed by atoms with Crippen molar-refractivity contribution in [1.29, 1.82) is 0 Å². The quantitative estimate of drug-likeness (QED) is 0.792. The molecule has 0 bridgehead atoms. The normalized spacial score (nSPS) is 11.8. The maximum Gasteiger partial charge on any atom is 0.434 e.